The van der Waals surface area contributed by atoms with Crippen LogP contribution < -0.4 is 10.6 Å². The summed E-state index contributed by atoms with van der Waals surface area (Å²) in [6, 6.07) is 15.9. The molecule has 3 aromatic rings. The molecule has 0 radical (unpaired) electrons. The summed E-state index contributed by atoms with van der Waals surface area (Å²) in [6.07, 6.45) is -0.290. The number of carbonyl (C=O) groups excluding carboxylic acids is 2. The molecule has 0 saturated heterocycles. The summed E-state index contributed by atoms with van der Waals surface area (Å²) in [7, 11) is 0. The van der Waals surface area contributed by atoms with E-state index in [1.54, 1.807) is 0 Å². The Bertz CT molecular complexity index is 1190. The van der Waals surface area contributed by atoms with Crippen molar-refractivity contribution in [3.8, 4) is 11.3 Å². The Morgan fingerprint density at radius 1 is 0.882 bits per heavy atom. The lowest BCUT2D eigenvalue weighted by Crippen LogP contribution is -2.24. The molecule has 0 bridgehead atoms. The second-order valence-electron chi connectivity index (χ2n) is 8.00. The molecule has 178 valence electrons. The van der Waals surface area contributed by atoms with Gasteiger partial charge in [0.05, 0.1) is 5.69 Å². The molecule has 0 saturated carbocycles. The fourth-order valence-corrected chi connectivity index (χ4v) is 4.45. The van der Waals surface area contributed by atoms with Gasteiger partial charge in [-0.3, -0.25) is 0 Å². The second-order valence-corrected chi connectivity index (χ2v) is 8.44. The minimum atomic E-state index is -0.493. The zero-order valence-corrected chi connectivity index (χ0v) is 20.1. The predicted molar refractivity (Wildman–Crippen MR) is 131 cm³/mol. The Morgan fingerprint density at radius 3 is 2.09 bits per heavy atom. The zero-order chi connectivity index (χ0) is 24.1. The largest absolute Gasteiger partial charge is 0.445 e. The lowest BCUT2D eigenvalue weighted by Gasteiger charge is -2.22. The van der Waals surface area contributed by atoms with Crippen LogP contribution in [0.15, 0.2) is 48.5 Å². The number of amides is 2. The Hall–Kier alpha value is -3.45. The average molecular weight is 482 g/mol. The summed E-state index contributed by atoms with van der Waals surface area (Å²) in [5, 5.41) is 5.97. The van der Waals surface area contributed by atoms with Gasteiger partial charge in [0.15, 0.2) is 0 Å². The summed E-state index contributed by atoms with van der Waals surface area (Å²) in [4.78, 5) is 24.2. The highest BCUT2D eigenvalue weighted by Crippen LogP contribution is 2.38. The number of hydrogen-bond donors (Lipinski definition) is 2. The van der Waals surface area contributed by atoms with Gasteiger partial charge < -0.3 is 24.7 Å². The summed E-state index contributed by atoms with van der Waals surface area (Å²) < 4.78 is 13.3. The van der Waals surface area contributed by atoms with Crippen LogP contribution in [-0.4, -0.2) is 29.8 Å². The van der Waals surface area contributed by atoms with Crippen molar-refractivity contribution in [3.63, 3.8) is 0 Å². The molecule has 0 unspecified atom stereocenters. The molecular weight excluding hydrogens is 454 g/mol. The normalized spacial score (nSPS) is 11.9. The molecule has 0 spiro atoms. The first-order chi connectivity index (χ1) is 16.5. The molecule has 34 heavy (non-hydrogen) atoms. The molecular formula is C26H28ClN3O4. The lowest BCUT2D eigenvalue weighted by atomic mass is 9.97. The molecule has 2 heterocycles. The Kier molecular flexibility index (Phi) is 7.43. The molecule has 8 heteroatoms. The van der Waals surface area contributed by atoms with Crippen molar-refractivity contribution in [2.75, 3.05) is 13.1 Å². The van der Waals surface area contributed by atoms with Crippen LogP contribution in [-0.2, 0) is 35.7 Å². The predicted octanol–water partition coefficient (Wildman–Crippen LogP) is 5.25. The van der Waals surface area contributed by atoms with Crippen LogP contribution in [0.5, 0.6) is 0 Å². The molecule has 0 fully saturated rings. The van der Waals surface area contributed by atoms with Gasteiger partial charge in [-0.15, -0.1) is 0 Å². The van der Waals surface area contributed by atoms with Crippen molar-refractivity contribution in [2.24, 2.45) is 0 Å². The number of ether oxygens (including phenoxy) is 2. The smallest absolute Gasteiger partial charge is 0.407 e. The maximum absolute atomic E-state index is 12.1. The number of nitrogens with one attached hydrogen (secondary N) is 2. The SMILES string of the molecule is CCNC(=O)OCc1c(COC(=O)NCC)c(-c2ccc(Cl)cc2)n2c1Cc1ccccc1C2. The quantitative estimate of drug-likeness (QED) is 0.377. The third kappa shape index (κ3) is 5.04. The van der Waals surface area contributed by atoms with Crippen molar-refractivity contribution in [3.05, 3.63) is 81.5 Å². The van der Waals surface area contributed by atoms with Crippen LogP contribution in [0.4, 0.5) is 9.59 Å². The van der Waals surface area contributed by atoms with Gasteiger partial charge in [0.25, 0.3) is 0 Å². The fraction of sp³-hybridized carbons (Fsp3) is 0.308. The monoisotopic (exact) mass is 481 g/mol. The maximum atomic E-state index is 12.1. The third-order valence-electron chi connectivity index (χ3n) is 5.85. The van der Waals surface area contributed by atoms with Gasteiger partial charge in [-0.05, 0) is 42.7 Å². The number of halogens is 1. The number of hydrogen-bond acceptors (Lipinski definition) is 4. The van der Waals surface area contributed by atoms with E-state index in [-0.39, 0.29) is 13.2 Å². The number of carbonyl (C=O) groups is 2. The van der Waals surface area contributed by atoms with Gasteiger partial charge in [0.2, 0.25) is 0 Å². The summed E-state index contributed by atoms with van der Waals surface area (Å²) >= 11 is 6.16. The number of aromatic nitrogens is 1. The van der Waals surface area contributed by atoms with Gasteiger partial charge in [0.1, 0.15) is 13.2 Å². The fourth-order valence-electron chi connectivity index (χ4n) is 4.32. The summed E-state index contributed by atoms with van der Waals surface area (Å²) in [5.74, 6) is 0. The highest BCUT2D eigenvalue weighted by molar-refractivity contribution is 6.30. The van der Waals surface area contributed by atoms with E-state index in [9.17, 15) is 9.59 Å². The molecule has 7 nitrogen and oxygen atoms in total. The highest BCUT2D eigenvalue weighted by Gasteiger charge is 2.29. The van der Waals surface area contributed by atoms with Crippen molar-refractivity contribution in [1.29, 1.82) is 0 Å². The van der Waals surface area contributed by atoms with E-state index in [1.165, 1.54) is 11.1 Å². The molecule has 1 aliphatic heterocycles. The minimum Gasteiger partial charge on any atom is -0.445 e. The second kappa shape index (κ2) is 10.7. The van der Waals surface area contributed by atoms with Gasteiger partial charge >= 0.3 is 12.2 Å². The van der Waals surface area contributed by atoms with Gasteiger partial charge in [0, 0.05) is 47.9 Å². The summed E-state index contributed by atoms with van der Waals surface area (Å²) in [5.41, 5.74) is 7.06. The van der Waals surface area contributed by atoms with Crippen molar-refractivity contribution in [1.82, 2.24) is 15.2 Å². The molecule has 0 atom stereocenters. The number of nitrogens with zero attached hydrogens (tertiary/aromatic N) is 1. The maximum Gasteiger partial charge on any atom is 0.407 e. The molecule has 1 aromatic heterocycles. The van der Waals surface area contributed by atoms with Gasteiger partial charge in [-0.2, -0.15) is 0 Å². The Morgan fingerprint density at radius 2 is 1.47 bits per heavy atom. The van der Waals surface area contributed by atoms with E-state index in [0.29, 0.717) is 31.1 Å². The molecule has 0 aliphatic carbocycles. The van der Waals surface area contributed by atoms with Crippen molar-refractivity contribution >= 4 is 23.8 Å². The number of fused-ring (bicyclic) bond motifs is 2. The third-order valence-corrected chi connectivity index (χ3v) is 6.11. The lowest BCUT2D eigenvalue weighted by molar-refractivity contribution is 0.132. The topological polar surface area (TPSA) is 81.6 Å². The Balaban J connectivity index is 1.82. The van der Waals surface area contributed by atoms with Crippen LogP contribution in [0.3, 0.4) is 0 Å². The van der Waals surface area contributed by atoms with E-state index >= 15 is 0 Å². The minimum absolute atomic E-state index is 0.0498. The summed E-state index contributed by atoms with van der Waals surface area (Å²) in [6.45, 7) is 5.40. The van der Waals surface area contributed by atoms with Crippen LogP contribution in [0.2, 0.25) is 5.02 Å². The molecule has 2 amide bonds. The van der Waals surface area contributed by atoms with E-state index < -0.39 is 12.2 Å². The van der Waals surface area contributed by atoms with Crippen molar-refractivity contribution < 1.29 is 19.1 Å². The number of rotatable bonds is 7. The number of alkyl carbamates (subject to hydrolysis) is 2. The first kappa shape index (κ1) is 23.7. The van der Waals surface area contributed by atoms with Crippen molar-refractivity contribution in [2.45, 2.75) is 40.0 Å². The average Bonchev–Trinajstić information content (AvgIpc) is 3.13. The van der Waals surface area contributed by atoms with Crippen LogP contribution in [0.25, 0.3) is 11.3 Å². The molecule has 2 aromatic carbocycles. The first-order valence-electron chi connectivity index (χ1n) is 11.4. The standard InChI is InChI=1S/C26H28ClN3O4/c1-3-28-25(31)33-15-21-22(16-34-26(32)29-4-2)24(17-9-11-20(27)12-10-17)30-14-19-8-6-5-7-18(19)13-23(21)30/h5-12H,3-4,13-16H2,1-2H3,(H,28,31)(H,29,32). The first-order valence-corrected chi connectivity index (χ1v) is 11.8. The molecule has 2 N–H and O–H groups in total. The van der Waals surface area contributed by atoms with Gasteiger partial charge in [-0.1, -0.05) is 48.0 Å². The van der Waals surface area contributed by atoms with Crippen LogP contribution >= 0.6 is 11.6 Å². The molecule has 1 aliphatic rings. The van der Waals surface area contributed by atoms with E-state index in [0.717, 1.165) is 28.1 Å². The number of benzene rings is 2. The van der Waals surface area contributed by atoms with E-state index in [2.05, 4.69) is 27.3 Å². The zero-order valence-electron chi connectivity index (χ0n) is 19.3. The Labute approximate surface area is 204 Å². The van der Waals surface area contributed by atoms with E-state index in [4.69, 9.17) is 21.1 Å². The highest BCUT2D eigenvalue weighted by atomic mass is 35.5. The van der Waals surface area contributed by atoms with E-state index in [1.807, 2.05) is 50.2 Å². The molecule has 4 rings (SSSR count). The van der Waals surface area contributed by atoms with Crippen LogP contribution in [0.1, 0.15) is 41.8 Å². The van der Waals surface area contributed by atoms with Gasteiger partial charge in [-0.25, -0.2) is 9.59 Å². The van der Waals surface area contributed by atoms with Crippen LogP contribution in [0, 0.1) is 0 Å².